The smallest absolute Gasteiger partial charge is 0.264 e. The molecule has 0 heterocycles. The molecule has 2 rings (SSSR count). The highest BCUT2D eigenvalue weighted by Crippen LogP contribution is 2.28. The van der Waals surface area contributed by atoms with E-state index in [2.05, 4.69) is 4.72 Å². The van der Waals surface area contributed by atoms with E-state index >= 15 is 0 Å². The van der Waals surface area contributed by atoms with Crippen LogP contribution in [0, 0.1) is 26.6 Å². The number of sulfonamides is 1. The summed E-state index contributed by atoms with van der Waals surface area (Å²) in [6.45, 7) is 5.13. The summed E-state index contributed by atoms with van der Waals surface area (Å²) >= 11 is 0. The molecule has 0 atom stereocenters. The minimum absolute atomic E-state index is 0.0107. The van der Waals surface area contributed by atoms with Crippen LogP contribution in [0.3, 0.4) is 0 Å². The number of rotatable bonds is 3. The molecule has 0 aliphatic carbocycles. The Bertz CT molecular complexity index is 802. The Kier molecular flexibility index (Phi) is 3.91. The molecule has 2 aromatic rings. The first-order chi connectivity index (χ1) is 9.72. The second-order valence-corrected chi connectivity index (χ2v) is 6.65. The monoisotopic (exact) mass is 308 g/mol. The fourth-order valence-corrected chi connectivity index (χ4v) is 3.57. The Morgan fingerprint density at radius 2 is 1.67 bits per heavy atom. The molecule has 0 amide bonds. The largest absolute Gasteiger partial charge is 0.397 e. The number of nitrogen functional groups attached to an aromatic ring is 1. The Labute approximate surface area is 123 Å². The Balaban J connectivity index is 2.54. The molecule has 0 fully saturated rings. The molecule has 2 aromatic carbocycles. The number of hydrogen-bond acceptors (Lipinski definition) is 3. The summed E-state index contributed by atoms with van der Waals surface area (Å²) < 4.78 is 41.0. The van der Waals surface area contributed by atoms with Gasteiger partial charge in [0.2, 0.25) is 0 Å². The van der Waals surface area contributed by atoms with Gasteiger partial charge in [-0.05, 0) is 49.6 Å². The summed E-state index contributed by atoms with van der Waals surface area (Å²) in [5, 5.41) is 0. The highest BCUT2D eigenvalue weighted by atomic mass is 32.2. The van der Waals surface area contributed by atoms with Gasteiger partial charge in [0.1, 0.15) is 10.7 Å². The van der Waals surface area contributed by atoms with Crippen LogP contribution in [0.5, 0.6) is 0 Å². The van der Waals surface area contributed by atoms with Crippen molar-refractivity contribution in [2.24, 2.45) is 0 Å². The van der Waals surface area contributed by atoms with Crippen LogP contribution < -0.4 is 10.5 Å². The maximum atomic E-state index is 13.7. The first-order valence-corrected chi connectivity index (χ1v) is 7.85. The molecule has 0 spiro atoms. The highest BCUT2D eigenvalue weighted by Gasteiger charge is 2.22. The van der Waals surface area contributed by atoms with E-state index in [1.54, 1.807) is 39.0 Å². The molecule has 0 radical (unpaired) electrons. The quantitative estimate of drug-likeness (QED) is 0.856. The lowest BCUT2D eigenvalue weighted by Gasteiger charge is -2.15. The Hall–Kier alpha value is -2.08. The summed E-state index contributed by atoms with van der Waals surface area (Å²) in [5.74, 6) is -0.631. The number of hydrogen-bond donors (Lipinski definition) is 2. The van der Waals surface area contributed by atoms with E-state index in [1.807, 2.05) is 0 Å². The molecule has 0 unspecified atom stereocenters. The lowest BCUT2D eigenvalue weighted by atomic mass is 10.1. The van der Waals surface area contributed by atoms with Gasteiger partial charge in [-0.3, -0.25) is 4.72 Å². The predicted molar refractivity (Wildman–Crippen MR) is 82.3 cm³/mol. The molecule has 112 valence electrons. The minimum atomic E-state index is -3.95. The van der Waals surface area contributed by atoms with E-state index in [9.17, 15) is 12.8 Å². The normalized spacial score (nSPS) is 11.4. The van der Waals surface area contributed by atoms with Crippen molar-refractivity contribution in [3.63, 3.8) is 0 Å². The van der Waals surface area contributed by atoms with Gasteiger partial charge in [-0.1, -0.05) is 18.2 Å². The molecule has 0 saturated heterocycles. The van der Waals surface area contributed by atoms with Crippen molar-refractivity contribution in [2.75, 3.05) is 10.5 Å². The number of anilines is 2. The minimum Gasteiger partial charge on any atom is -0.397 e. The molecular weight excluding hydrogens is 291 g/mol. The lowest BCUT2D eigenvalue weighted by Crippen LogP contribution is -2.17. The number of halogens is 1. The van der Waals surface area contributed by atoms with E-state index in [-0.39, 0.29) is 16.3 Å². The van der Waals surface area contributed by atoms with Crippen LogP contribution in [0.1, 0.15) is 16.7 Å². The molecule has 0 aliphatic heterocycles. The molecule has 4 nitrogen and oxygen atoms in total. The fourth-order valence-electron chi connectivity index (χ4n) is 2.08. The molecule has 0 aliphatic rings. The molecule has 0 bridgehead atoms. The van der Waals surface area contributed by atoms with Crippen molar-refractivity contribution >= 4 is 21.4 Å². The van der Waals surface area contributed by atoms with E-state index in [0.717, 1.165) is 5.56 Å². The number of nitrogens with two attached hydrogens (primary N) is 1. The predicted octanol–water partition coefficient (Wildman–Crippen LogP) is 3.13. The van der Waals surface area contributed by atoms with Crippen LogP contribution in [0.4, 0.5) is 15.8 Å². The topological polar surface area (TPSA) is 72.2 Å². The molecular formula is C15H17FN2O2S. The fraction of sp³-hybridized carbons (Fsp3) is 0.200. The Morgan fingerprint density at radius 3 is 2.33 bits per heavy atom. The van der Waals surface area contributed by atoms with Crippen molar-refractivity contribution in [2.45, 2.75) is 25.7 Å². The van der Waals surface area contributed by atoms with Gasteiger partial charge in [-0.25, -0.2) is 12.8 Å². The average molecular weight is 308 g/mol. The number of aryl methyl sites for hydroxylation is 3. The second-order valence-electron chi connectivity index (χ2n) is 5.03. The van der Waals surface area contributed by atoms with Crippen molar-refractivity contribution in [3.05, 3.63) is 52.8 Å². The van der Waals surface area contributed by atoms with Crippen LogP contribution in [0.2, 0.25) is 0 Å². The van der Waals surface area contributed by atoms with Gasteiger partial charge in [0, 0.05) is 0 Å². The lowest BCUT2D eigenvalue weighted by molar-refractivity contribution is 0.598. The van der Waals surface area contributed by atoms with E-state index in [0.29, 0.717) is 11.1 Å². The van der Waals surface area contributed by atoms with Crippen LogP contribution in [-0.4, -0.2) is 8.42 Å². The zero-order valence-corrected chi connectivity index (χ0v) is 12.9. The van der Waals surface area contributed by atoms with Crippen LogP contribution in [-0.2, 0) is 10.0 Å². The summed E-state index contributed by atoms with van der Waals surface area (Å²) in [7, 11) is -3.95. The van der Waals surface area contributed by atoms with Crippen LogP contribution in [0.25, 0.3) is 0 Å². The number of nitrogens with one attached hydrogen (secondary N) is 1. The molecule has 0 aromatic heterocycles. The number of benzene rings is 2. The van der Waals surface area contributed by atoms with Crippen LogP contribution >= 0.6 is 0 Å². The molecule has 6 heteroatoms. The van der Waals surface area contributed by atoms with Gasteiger partial charge < -0.3 is 5.73 Å². The third kappa shape index (κ3) is 3.00. The molecule has 0 saturated carbocycles. The van der Waals surface area contributed by atoms with Gasteiger partial charge in [-0.2, -0.15) is 0 Å². The van der Waals surface area contributed by atoms with Crippen molar-refractivity contribution in [1.29, 1.82) is 0 Å². The average Bonchev–Trinajstić information content (AvgIpc) is 2.38. The van der Waals surface area contributed by atoms with Crippen molar-refractivity contribution < 1.29 is 12.8 Å². The second kappa shape index (κ2) is 5.37. The molecule has 3 N–H and O–H groups in total. The summed E-state index contributed by atoms with van der Waals surface area (Å²) in [6, 6.07) is 7.65. The SMILES string of the molecule is Cc1ccc(F)c(NS(=O)(=O)c2c(C)ccc(C)c2N)c1. The zero-order valence-electron chi connectivity index (χ0n) is 12.1. The van der Waals surface area contributed by atoms with Gasteiger partial charge in [0.15, 0.2) is 0 Å². The first kappa shape index (κ1) is 15.3. The van der Waals surface area contributed by atoms with Gasteiger partial charge in [0.05, 0.1) is 11.4 Å². The standard InChI is InChI=1S/C15H17FN2O2S/c1-9-4-7-12(16)13(8-9)18-21(19,20)15-11(3)6-5-10(2)14(15)17/h4-8,18H,17H2,1-3H3. The van der Waals surface area contributed by atoms with E-state index in [1.165, 1.54) is 12.1 Å². The van der Waals surface area contributed by atoms with Gasteiger partial charge >= 0.3 is 0 Å². The molecule has 21 heavy (non-hydrogen) atoms. The Morgan fingerprint density at radius 1 is 1.05 bits per heavy atom. The maximum Gasteiger partial charge on any atom is 0.264 e. The third-order valence-corrected chi connectivity index (χ3v) is 4.81. The highest BCUT2D eigenvalue weighted by molar-refractivity contribution is 7.93. The van der Waals surface area contributed by atoms with Gasteiger partial charge in [-0.15, -0.1) is 0 Å². The van der Waals surface area contributed by atoms with Crippen LogP contribution in [0.15, 0.2) is 35.2 Å². The summed E-state index contributed by atoms with van der Waals surface area (Å²) in [5.41, 5.74) is 7.89. The summed E-state index contributed by atoms with van der Waals surface area (Å²) in [4.78, 5) is -0.0107. The van der Waals surface area contributed by atoms with Gasteiger partial charge in [0.25, 0.3) is 10.0 Å². The first-order valence-electron chi connectivity index (χ1n) is 6.37. The van der Waals surface area contributed by atoms with E-state index < -0.39 is 15.8 Å². The van der Waals surface area contributed by atoms with Crippen molar-refractivity contribution in [1.82, 2.24) is 0 Å². The van der Waals surface area contributed by atoms with Crippen molar-refractivity contribution in [3.8, 4) is 0 Å². The summed E-state index contributed by atoms with van der Waals surface area (Å²) in [6.07, 6.45) is 0. The van der Waals surface area contributed by atoms with E-state index in [4.69, 9.17) is 5.73 Å². The maximum absolute atomic E-state index is 13.7. The zero-order chi connectivity index (χ0) is 15.8. The third-order valence-electron chi connectivity index (χ3n) is 3.25.